The van der Waals surface area contributed by atoms with E-state index in [0.717, 1.165) is 11.1 Å². The van der Waals surface area contributed by atoms with Crippen LogP contribution in [0.2, 0.25) is 0 Å². The Labute approximate surface area is 120 Å². The van der Waals surface area contributed by atoms with Gasteiger partial charge in [-0.15, -0.1) is 5.10 Å². The highest BCUT2D eigenvalue weighted by Gasteiger charge is 2.16. The first-order chi connectivity index (χ1) is 10.2. The second kappa shape index (κ2) is 5.31. The molecule has 0 aliphatic rings. The molecule has 0 radical (unpaired) electrons. The molecule has 0 spiro atoms. The Balaban J connectivity index is 1.90. The van der Waals surface area contributed by atoms with Crippen molar-refractivity contribution in [2.75, 3.05) is 0 Å². The number of aromatic nitrogens is 6. The van der Waals surface area contributed by atoms with Gasteiger partial charge in [0.25, 0.3) is 0 Å². The maximum atomic E-state index is 10.9. The maximum absolute atomic E-state index is 10.9. The molecule has 0 fully saturated rings. The van der Waals surface area contributed by atoms with Gasteiger partial charge in [-0.05, 0) is 29.0 Å². The van der Waals surface area contributed by atoms with Crippen LogP contribution in [0, 0.1) is 5.92 Å². The van der Waals surface area contributed by atoms with Crippen LogP contribution in [0.4, 0.5) is 0 Å². The van der Waals surface area contributed by atoms with Crippen molar-refractivity contribution in [1.82, 2.24) is 29.8 Å². The van der Waals surface area contributed by atoms with Crippen molar-refractivity contribution in [3.05, 3.63) is 30.6 Å². The maximum Gasteiger partial charge on any atom is 0.306 e. The summed E-state index contributed by atoms with van der Waals surface area (Å²) in [6.07, 6.45) is 4.02. The molecule has 1 atom stereocenters. The third-order valence-corrected chi connectivity index (χ3v) is 3.39. The van der Waals surface area contributed by atoms with Crippen LogP contribution in [0.15, 0.2) is 30.6 Å². The van der Waals surface area contributed by atoms with Crippen LogP contribution in [0.3, 0.4) is 0 Å². The molecule has 0 bridgehead atoms. The lowest BCUT2D eigenvalue weighted by Crippen LogP contribution is -2.13. The summed E-state index contributed by atoms with van der Waals surface area (Å²) in [5, 5.41) is 24.8. The molecule has 0 aromatic carbocycles. The van der Waals surface area contributed by atoms with Gasteiger partial charge in [0.1, 0.15) is 0 Å². The fraction of sp³-hybridized carbons (Fsp3) is 0.308. The largest absolute Gasteiger partial charge is 0.481 e. The highest BCUT2D eigenvalue weighted by atomic mass is 16.4. The number of hydrogen-bond donors (Lipinski definition) is 1. The summed E-state index contributed by atoms with van der Waals surface area (Å²) >= 11 is 0. The predicted octanol–water partition coefficient (Wildman–Crippen LogP) is 1.10. The number of fused-ring (bicyclic) bond motifs is 1. The standard InChI is InChI=1S/C13H14N6O2/c1-9(13(20)21)5-7-19-12(15-16-17-19)10-8-14-18-6-3-2-4-11(10)18/h2-4,6,8-9H,5,7H2,1H3,(H,20,21). The van der Waals surface area contributed by atoms with E-state index in [1.54, 1.807) is 22.3 Å². The van der Waals surface area contributed by atoms with Crippen LogP contribution < -0.4 is 0 Å². The van der Waals surface area contributed by atoms with E-state index in [2.05, 4.69) is 20.6 Å². The van der Waals surface area contributed by atoms with Crippen molar-refractivity contribution in [3.63, 3.8) is 0 Å². The molecule has 3 heterocycles. The van der Waals surface area contributed by atoms with E-state index < -0.39 is 11.9 Å². The number of carboxylic acids is 1. The van der Waals surface area contributed by atoms with Crippen molar-refractivity contribution in [1.29, 1.82) is 0 Å². The summed E-state index contributed by atoms with van der Waals surface area (Å²) in [6.45, 7) is 2.11. The van der Waals surface area contributed by atoms with Crippen LogP contribution in [-0.4, -0.2) is 40.9 Å². The monoisotopic (exact) mass is 286 g/mol. The van der Waals surface area contributed by atoms with Gasteiger partial charge in [-0.3, -0.25) is 4.79 Å². The molecule has 1 N–H and O–H groups in total. The zero-order valence-electron chi connectivity index (χ0n) is 11.4. The predicted molar refractivity (Wildman–Crippen MR) is 73.4 cm³/mol. The Hall–Kier alpha value is -2.77. The molecule has 0 amide bonds. The van der Waals surface area contributed by atoms with Gasteiger partial charge in [-0.25, -0.2) is 9.20 Å². The van der Waals surface area contributed by atoms with Crippen molar-refractivity contribution >= 4 is 11.5 Å². The molecule has 0 saturated carbocycles. The molecular formula is C13H14N6O2. The van der Waals surface area contributed by atoms with Crippen LogP contribution in [-0.2, 0) is 11.3 Å². The molecule has 0 aliphatic carbocycles. The normalized spacial score (nSPS) is 12.6. The van der Waals surface area contributed by atoms with Crippen molar-refractivity contribution in [2.45, 2.75) is 19.9 Å². The lowest BCUT2D eigenvalue weighted by atomic mass is 10.1. The zero-order valence-corrected chi connectivity index (χ0v) is 11.4. The highest BCUT2D eigenvalue weighted by molar-refractivity contribution is 5.75. The first kappa shape index (κ1) is 13.2. The van der Waals surface area contributed by atoms with Gasteiger partial charge in [-0.2, -0.15) is 5.10 Å². The molecule has 0 saturated heterocycles. The first-order valence-corrected chi connectivity index (χ1v) is 6.58. The van der Waals surface area contributed by atoms with Gasteiger partial charge in [-0.1, -0.05) is 13.0 Å². The van der Waals surface area contributed by atoms with Crippen LogP contribution in [0.1, 0.15) is 13.3 Å². The second-order valence-electron chi connectivity index (χ2n) is 4.84. The Morgan fingerprint density at radius 2 is 2.29 bits per heavy atom. The van der Waals surface area contributed by atoms with Gasteiger partial charge in [0, 0.05) is 12.7 Å². The van der Waals surface area contributed by atoms with E-state index >= 15 is 0 Å². The van der Waals surface area contributed by atoms with Gasteiger partial charge in [0.2, 0.25) is 0 Å². The molecule has 8 nitrogen and oxygen atoms in total. The lowest BCUT2D eigenvalue weighted by Gasteiger charge is -2.06. The van der Waals surface area contributed by atoms with E-state index in [1.807, 2.05) is 24.4 Å². The van der Waals surface area contributed by atoms with Gasteiger partial charge >= 0.3 is 5.97 Å². The van der Waals surface area contributed by atoms with Gasteiger partial charge < -0.3 is 5.11 Å². The van der Waals surface area contributed by atoms with E-state index in [9.17, 15) is 4.79 Å². The Morgan fingerprint density at radius 1 is 1.43 bits per heavy atom. The lowest BCUT2D eigenvalue weighted by molar-refractivity contribution is -0.141. The zero-order chi connectivity index (χ0) is 14.8. The van der Waals surface area contributed by atoms with E-state index in [0.29, 0.717) is 18.8 Å². The number of pyridine rings is 1. The van der Waals surface area contributed by atoms with Crippen LogP contribution in [0.25, 0.3) is 16.9 Å². The average Bonchev–Trinajstić information content (AvgIpc) is 3.10. The molecule has 21 heavy (non-hydrogen) atoms. The number of carboxylic acid groups (broad SMARTS) is 1. The second-order valence-corrected chi connectivity index (χ2v) is 4.84. The molecule has 3 rings (SSSR count). The Bertz CT molecular complexity index is 778. The Morgan fingerprint density at radius 3 is 3.10 bits per heavy atom. The third kappa shape index (κ3) is 2.47. The van der Waals surface area contributed by atoms with Crippen molar-refractivity contribution in [2.24, 2.45) is 5.92 Å². The summed E-state index contributed by atoms with van der Waals surface area (Å²) < 4.78 is 3.36. The molecule has 3 aromatic rings. The van der Waals surface area contributed by atoms with Gasteiger partial charge in [0.05, 0.1) is 23.2 Å². The quantitative estimate of drug-likeness (QED) is 0.754. The number of hydrogen-bond acceptors (Lipinski definition) is 5. The summed E-state index contributed by atoms with van der Waals surface area (Å²) in [7, 11) is 0. The van der Waals surface area contributed by atoms with E-state index in [4.69, 9.17) is 5.11 Å². The number of aliphatic carboxylic acids is 1. The van der Waals surface area contributed by atoms with E-state index in [1.165, 1.54) is 0 Å². The average molecular weight is 286 g/mol. The smallest absolute Gasteiger partial charge is 0.306 e. The van der Waals surface area contributed by atoms with Crippen molar-refractivity contribution in [3.8, 4) is 11.4 Å². The minimum Gasteiger partial charge on any atom is -0.481 e. The van der Waals surface area contributed by atoms with Crippen LogP contribution >= 0.6 is 0 Å². The first-order valence-electron chi connectivity index (χ1n) is 6.58. The van der Waals surface area contributed by atoms with Crippen LogP contribution in [0.5, 0.6) is 0 Å². The molecule has 0 aliphatic heterocycles. The minimum absolute atomic E-state index is 0.439. The summed E-state index contributed by atoms with van der Waals surface area (Å²) in [5.41, 5.74) is 1.73. The number of nitrogens with zero attached hydrogens (tertiary/aromatic N) is 6. The number of carbonyl (C=O) groups is 1. The molecule has 1 unspecified atom stereocenters. The van der Waals surface area contributed by atoms with E-state index in [-0.39, 0.29) is 0 Å². The SMILES string of the molecule is CC(CCn1nnnc1-c1cnn2ccccc12)C(=O)O. The Kier molecular flexibility index (Phi) is 3.35. The summed E-state index contributed by atoms with van der Waals surface area (Å²) in [6, 6.07) is 5.74. The minimum atomic E-state index is -0.819. The number of rotatable bonds is 5. The molecular weight excluding hydrogens is 272 g/mol. The van der Waals surface area contributed by atoms with Gasteiger partial charge in [0.15, 0.2) is 5.82 Å². The summed E-state index contributed by atoms with van der Waals surface area (Å²) in [5.74, 6) is -0.666. The summed E-state index contributed by atoms with van der Waals surface area (Å²) in [4.78, 5) is 10.9. The molecule has 8 heteroatoms. The third-order valence-electron chi connectivity index (χ3n) is 3.39. The van der Waals surface area contributed by atoms with Crippen molar-refractivity contribution < 1.29 is 9.90 Å². The highest BCUT2D eigenvalue weighted by Crippen LogP contribution is 2.22. The fourth-order valence-electron chi connectivity index (χ4n) is 2.09. The fourth-order valence-corrected chi connectivity index (χ4v) is 2.09. The number of aryl methyl sites for hydroxylation is 1. The molecule has 3 aromatic heterocycles. The topological polar surface area (TPSA) is 98.2 Å². The molecule has 108 valence electrons. The number of tetrazole rings is 1.